The summed E-state index contributed by atoms with van der Waals surface area (Å²) in [7, 11) is 3.33. The topological polar surface area (TPSA) is 17.1 Å². The maximum Gasteiger partial charge on any atom is 0.186 e. The van der Waals surface area contributed by atoms with Gasteiger partial charge in [-0.15, -0.1) is 0 Å². The summed E-state index contributed by atoms with van der Waals surface area (Å²) < 4.78 is 0. The number of allylic oxidation sites excluding steroid dienone is 2. The van der Waals surface area contributed by atoms with Gasteiger partial charge < -0.3 is 0 Å². The number of carbonyl (C=O) groups is 1. The van der Waals surface area contributed by atoms with Crippen LogP contribution in [-0.4, -0.2) is 5.78 Å². The van der Waals surface area contributed by atoms with Crippen LogP contribution in [0.5, 0.6) is 0 Å². The molecule has 0 saturated heterocycles. The van der Waals surface area contributed by atoms with Crippen molar-refractivity contribution in [2.24, 2.45) is 0 Å². The van der Waals surface area contributed by atoms with E-state index in [-0.39, 0.29) is 5.78 Å². The lowest BCUT2D eigenvalue weighted by Gasteiger charge is -1.97. The summed E-state index contributed by atoms with van der Waals surface area (Å²) in [6, 6.07) is 19.6. The molecule has 0 radical (unpaired) electrons. The van der Waals surface area contributed by atoms with Gasteiger partial charge in [-0.25, -0.2) is 0 Å². The summed E-state index contributed by atoms with van der Waals surface area (Å²) >= 11 is 0. The Hall–Kier alpha value is -1.71. The van der Waals surface area contributed by atoms with Gasteiger partial charge in [0.15, 0.2) is 5.78 Å². The second-order valence-corrected chi connectivity index (χ2v) is 6.56. The van der Waals surface area contributed by atoms with Crippen molar-refractivity contribution in [3.63, 3.8) is 0 Å². The quantitative estimate of drug-likeness (QED) is 0.441. The molecule has 0 spiro atoms. The molecular formula is C17H12OS2. The lowest BCUT2D eigenvalue weighted by Crippen LogP contribution is -1.93. The van der Waals surface area contributed by atoms with Crippen LogP contribution in [0.4, 0.5) is 0 Å². The van der Waals surface area contributed by atoms with Gasteiger partial charge in [0.25, 0.3) is 0 Å². The largest absolute Gasteiger partial charge is 0.289 e. The lowest BCUT2D eigenvalue weighted by molar-refractivity contribution is 0.104. The molecule has 3 rings (SSSR count). The highest BCUT2D eigenvalue weighted by Crippen LogP contribution is 2.49. The molecular weight excluding hydrogens is 284 g/mol. The van der Waals surface area contributed by atoms with Crippen molar-refractivity contribution in [3.05, 3.63) is 88.8 Å². The van der Waals surface area contributed by atoms with Crippen molar-refractivity contribution in [2.45, 2.75) is 0 Å². The standard InChI is InChI=1S/C17H12OS2/c18-16(13-7-3-1-4-8-13)11-15-12-17(20-19-15)14-9-5-2-6-10-14/h1-12H. The molecule has 0 amide bonds. The van der Waals surface area contributed by atoms with Crippen LogP contribution in [0.1, 0.15) is 15.9 Å². The second-order valence-electron chi connectivity index (χ2n) is 4.32. The molecule has 3 heteroatoms. The molecule has 0 aromatic heterocycles. The number of hydrogen-bond acceptors (Lipinski definition) is 3. The summed E-state index contributed by atoms with van der Waals surface area (Å²) in [4.78, 5) is 14.3. The molecule has 2 aromatic carbocycles. The normalized spacial score (nSPS) is 16.2. The first-order chi connectivity index (χ1) is 9.83. The molecule has 1 aliphatic heterocycles. The number of ketones is 1. The van der Waals surface area contributed by atoms with Crippen molar-refractivity contribution >= 4 is 32.3 Å². The van der Waals surface area contributed by atoms with E-state index in [2.05, 4.69) is 18.2 Å². The van der Waals surface area contributed by atoms with Gasteiger partial charge in [-0.1, -0.05) is 82.3 Å². The Labute approximate surface area is 126 Å². The van der Waals surface area contributed by atoms with Gasteiger partial charge in [-0.3, -0.25) is 4.79 Å². The summed E-state index contributed by atoms with van der Waals surface area (Å²) in [6.07, 6.45) is 3.79. The zero-order valence-electron chi connectivity index (χ0n) is 10.7. The smallest absolute Gasteiger partial charge is 0.186 e. The van der Waals surface area contributed by atoms with Crippen LogP contribution in [0, 0.1) is 0 Å². The summed E-state index contributed by atoms with van der Waals surface area (Å²) in [5, 5.41) is 0. The second kappa shape index (κ2) is 6.16. The van der Waals surface area contributed by atoms with Crippen LogP contribution in [0.15, 0.2) is 77.7 Å². The number of rotatable bonds is 3. The number of carbonyl (C=O) groups excluding carboxylic acids is 1. The number of hydrogen-bond donors (Lipinski definition) is 0. The van der Waals surface area contributed by atoms with Gasteiger partial charge in [0.05, 0.1) is 0 Å². The van der Waals surface area contributed by atoms with E-state index in [1.807, 2.05) is 48.5 Å². The predicted octanol–water partition coefficient (Wildman–Crippen LogP) is 5.19. The summed E-state index contributed by atoms with van der Waals surface area (Å²) in [5.41, 5.74) is 1.92. The van der Waals surface area contributed by atoms with E-state index in [0.717, 1.165) is 10.5 Å². The third-order valence-corrected chi connectivity index (χ3v) is 5.30. The van der Waals surface area contributed by atoms with Crippen LogP contribution in [0.25, 0.3) is 4.91 Å². The van der Waals surface area contributed by atoms with Crippen LogP contribution >= 0.6 is 21.6 Å². The molecule has 1 heterocycles. The van der Waals surface area contributed by atoms with Gasteiger partial charge in [-0.2, -0.15) is 0 Å². The molecule has 1 nitrogen and oxygen atoms in total. The zero-order valence-corrected chi connectivity index (χ0v) is 12.3. The van der Waals surface area contributed by atoms with Crippen molar-refractivity contribution in [2.75, 3.05) is 0 Å². The highest BCUT2D eigenvalue weighted by Gasteiger charge is 2.14. The fraction of sp³-hybridized carbons (Fsp3) is 0. The first-order valence-electron chi connectivity index (χ1n) is 6.26. The van der Waals surface area contributed by atoms with Crippen molar-refractivity contribution < 1.29 is 4.79 Å². The van der Waals surface area contributed by atoms with Crippen molar-refractivity contribution in [3.8, 4) is 0 Å². The molecule has 0 aliphatic carbocycles. The Morgan fingerprint density at radius 3 is 2.20 bits per heavy atom. The van der Waals surface area contributed by atoms with Gasteiger partial charge in [0, 0.05) is 21.4 Å². The van der Waals surface area contributed by atoms with E-state index < -0.39 is 0 Å². The molecule has 98 valence electrons. The molecule has 0 fully saturated rings. The molecule has 0 saturated carbocycles. The van der Waals surface area contributed by atoms with Crippen molar-refractivity contribution in [1.29, 1.82) is 0 Å². The fourth-order valence-corrected chi connectivity index (χ4v) is 4.15. The highest BCUT2D eigenvalue weighted by molar-refractivity contribution is 8.82. The maximum atomic E-state index is 12.1. The van der Waals surface area contributed by atoms with Crippen LogP contribution < -0.4 is 0 Å². The molecule has 0 atom stereocenters. The van der Waals surface area contributed by atoms with E-state index in [9.17, 15) is 4.79 Å². The first kappa shape index (κ1) is 13.3. The van der Waals surface area contributed by atoms with E-state index in [1.165, 1.54) is 10.5 Å². The van der Waals surface area contributed by atoms with Gasteiger partial charge >= 0.3 is 0 Å². The van der Waals surface area contributed by atoms with E-state index >= 15 is 0 Å². The summed E-state index contributed by atoms with van der Waals surface area (Å²) in [6.45, 7) is 0. The van der Waals surface area contributed by atoms with E-state index in [4.69, 9.17) is 0 Å². The average Bonchev–Trinajstić information content (AvgIpc) is 2.97. The van der Waals surface area contributed by atoms with Crippen LogP contribution in [0.2, 0.25) is 0 Å². The molecule has 20 heavy (non-hydrogen) atoms. The van der Waals surface area contributed by atoms with Gasteiger partial charge in [0.2, 0.25) is 0 Å². The maximum absolute atomic E-state index is 12.1. The first-order valence-corrected chi connectivity index (χ1v) is 8.40. The van der Waals surface area contributed by atoms with Crippen LogP contribution in [-0.2, 0) is 0 Å². The summed E-state index contributed by atoms with van der Waals surface area (Å²) in [5.74, 6) is 0.0549. The molecule has 2 aromatic rings. The minimum Gasteiger partial charge on any atom is -0.289 e. The fourth-order valence-electron chi connectivity index (χ4n) is 1.88. The minimum atomic E-state index is 0.0549. The minimum absolute atomic E-state index is 0.0549. The van der Waals surface area contributed by atoms with Crippen LogP contribution in [0.3, 0.4) is 0 Å². The third-order valence-electron chi connectivity index (χ3n) is 2.89. The monoisotopic (exact) mass is 296 g/mol. The average molecular weight is 296 g/mol. The number of benzene rings is 2. The van der Waals surface area contributed by atoms with E-state index in [1.54, 1.807) is 27.7 Å². The molecule has 1 aliphatic rings. The Morgan fingerprint density at radius 2 is 1.50 bits per heavy atom. The Kier molecular flexibility index (Phi) is 4.09. The predicted molar refractivity (Wildman–Crippen MR) is 88.5 cm³/mol. The Morgan fingerprint density at radius 1 is 0.850 bits per heavy atom. The third kappa shape index (κ3) is 3.06. The van der Waals surface area contributed by atoms with E-state index in [0.29, 0.717) is 0 Å². The zero-order chi connectivity index (χ0) is 13.8. The molecule has 0 unspecified atom stereocenters. The Bertz CT molecular complexity index is 673. The highest BCUT2D eigenvalue weighted by atomic mass is 33.1. The van der Waals surface area contributed by atoms with Crippen molar-refractivity contribution in [1.82, 2.24) is 0 Å². The van der Waals surface area contributed by atoms with Gasteiger partial charge in [-0.05, 0) is 11.6 Å². The molecule has 0 bridgehead atoms. The lowest BCUT2D eigenvalue weighted by atomic mass is 10.1. The SMILES string of the molecule is O=C(C=C1C=C(c2ccccc2)SS1)c1ccccc1. The van der Waals surface area contributed by atoms with Gasteiger partial charge in [0.1, 0.15) is 0 Å². The molecule has 0 N–H and O–H groups in total. The Balaban J connectivity index is 1.81.